The van der Waals surface area contributed by atoms with Gasteiger partial charge >= 0.3 is 6.03 Å². The molecular weight excluding hydrogens is 548 g/mol. The summed E-state index contributed by atoms with van der Waals surface area (Å²) in [6.07, 6.45) is 7.97. The molecule has 234 valence electrons. The molecule has 0 saturated carbocycles. The van der Waals surface area contributed by atoms with E-state index in [1.54, 1.807) is 17.2 Å². The van der Waals surface area contributed by atoms with Crippen LogP contribution in [0.2, 0.25) is 0 Å². The quantitative estimate of drug-likeness (QED) is 0.142. The number of anilines is 2. The lowest BCUT2D eigenvalue weighted by Crippen LogP contribution is -2.39. The molecule has 0 aliphatic carbocycles. The van der Waals surface area contributed by atoms with E-state index >= 15 is 0 Å². The molecule has 0 fully saturated rings. The van der Waals surface area contributed by atoms with E-state index in [0.29, 0.717) is 24.5 Å². The molecule has 0 saturated heterocycles. The number of fused-ring (bicyclic) bond motifs is 1. The minimum Gasteiger partial charge on any atom is -0.494 e. The lowest BCUT2D eigenvalue weighted by molar-refractivity contribution is 0.256. The van der Waals surface area contributed by atoms with E-state index in [1.807, 2.05) is 24.3 Å². The van der Waals surface area contributed by atoms with Crippen molar-refractivity contribution in [3.05, 3.63) is 82.3 Å². The summed E-state index contributed by atoms with van der Waals surface area (Å²) >= 11 is 0. The van der Waals surface area contributed by atoms with Crippen LogP contribution in [0.15, 0.2) is 65.6 Å². The van der Waals surface area contributed by atoms with E-state index in [0.717, 1.165) is 58.3 Å². The first kappa shape index (κ1) is 32.8. The van der Waals surface area contributed by atoms with Crippen molar-refractivity contribution < 1.29 is 9.53 Å². The summed E-state index contributed by atoms with van der Waals surface area (Å²) in [7, 11) is 0. The van der Waals surface area contributed by atoms with Crippen molar-refractivity contribution in [2.75, 3.05) is 23.4 Å². The van der Waals surface area contributed by atoms with Gasteiger partial charge in [-0.1, -0.05) is 79.4 Å². The number of carbonyl (C=O) groups excluding carboxylic acids is 1. The zero-order chi connectivity index (χ0) is 31.6. The Balaban J connectivity index is 1.69. The monoisotopic (exact) mass is 596 g/mol. The van der Waals surface area contributed by atoms with E-state index in [4.69, 9.17) is 4.74 Å². The highest BCUT2D eigenvalue weighted by Crippen LogP contribution is 2.38. The van der Waals surface area contributed by atoms with Crippen molar-refractivity contribution in [2.24, 2.45) is 0 Å². The van der Waals surface area contributed by atoms with Crippen molar-refractivity contribution in [2.45, 2.75) is 91.9 Å². The number of urea groups is 1. The molecule has 2 amide bonds. The molecule has 7 heteroatoms. The Hall–Kier alpha value is -4.13. The Morgan fingerprint density at radius 2 is 1.61 bits per heavy atom. The Kier molecular flexibility index (Phi) is 11.6. The molecule has 0 bridgehead atoms. The second-order valence-corrected chi connectivity index (χ2v) is 12.1. The predicted molar refractivity (Wildman–Crippen MR) is 183 cm³/mol. The Morgan fingerprint density at radius 1 is 0.886 bits per heavy atom. The summed E-state index contributed by atoms with van der Waals surface area (Å²) in [5, 5.41) is 4.03. The maximum absolute atomic E-state index is 14.1. The number of aromatic nitrogens is 2. The number of nitrogens with zero attached hydrogens (tertiary/aromatic N) is 2. The normalized spacial score (nSPS) is 11.4. The molecule has 0 radical (unpaired) electrons. The number of hydrogen-bond donors (Lipinski definition) is 2. The van der Waals surface area contributed by atoms with Crippen LogP contribution < -0.4 is 20.5 Å². The fraction of sp³-hybridized carbons (Fsp3) is 0.432. The van der Waals surface area contributed by atoms with Crippen LogP contribution in [0.25, 0.3) is 22.2 Å². The van der Waals surface area contributed by atoms with Gasteiger partial charge in [0.25, 0.3) is 5.56 Å². The highest BCUT2D eigenvalue weighted by Gasteiger charge is 2.24. The highest BCUT2D eigenvalue weighted by atomic mass is 16.5. The van der Waals surface area contributed by atoms with Crippen molar-refractivity contribution in [3.8, 4) is 16.9 Å². The molecule has 2 aromatic carbocycles. The van der Waals surface area contributed by atoms with E-state index in [2.05, 4.69) is 81.1 Å². The van der Waals surface area contributed by atoms with Crippen LogP contribution in [0, 0.1) is 0 Å². The van der Waals surface area contributed by atoms with Gasteiger partial charge < -0.3 is 15.0 Å². The zero-order valence-corrected chi connectivity index (χ0v) is 27.2. The van der Waals surface area contributed by atoms with E-state index < -0.39 is 0 Å². The summed E-state index contributed by atoms with van der Waals surface area (Å²) in [6.45, 7) is 14.0. The summed E-state index contributed by atoms with van der Waals surface area (Å²) in [4.78, 5) is 35.9. The van der Waals surface area contributed by atoms with Gasteiger partial charge in [-0.05, 0) is 89.4 Å². The average molecular weight is 597 g/mol. The van der Waals surface area contributed by atoms with Gasteiger partial charge in [0.1, 0.15) is 17.1 Å². The van der Waals surface area contributed by atoms with E-state index in [-0.39, 0.29) is 23.4 Å². The first-order valence-corrected chi connectivity index (χ1v) is 16.2. The molecule has 0 aliphatic heterocycles. The number of aromatic amines is 1. The molecule has 2 aromatic heterocycles. The first-order chi connectivity index (χ1) is 21.2. The fourth-order valence-corrected chi connectivity index (χ4v) is 5.44. The second kappa shape index (κ2) is 15.6. The molecule has 0 atom stereocenters. The number of pyridine rings is 2. The third-order valence-corrected chi connectivity index (χ3v) is 7.98. The lowest BCUT2D eigenvalue weighted by atomic mass is 9.88. The van der Waals surface area contributed by atoms with Gasteiger partial charge in [0, 0.05) is 23.8 Å². The van der Waals surface area contributed by atoms with Gasteiger partial charge in [-0.25, -0.2) is 9.78 Å². The van der Waals surface area contributed by atoms with Crippen molar-refractivity contribution >= 4 is 28.4 Å². The minimum absolute atomic E-state index is 0.153. The fourth-order valence-electron chi connectivity index (χ4n) is 5.44. The van der Waals surface area contributed by atoms with Crippen LogP contribution >= 0.6 is 0 Å². The van der Waals surface area contributed by atoms with Crippen LogP contribution in [0.1, 0.15) is 103 Å². The second-order valence-electron chi connectivity index (χ2n) is 12.1. The Morgan fingerprint density at radius 3 is 2.30 bits per heavy atom. The summed E-state index contributed by atoms with van der Waals surface area (Å²) in [5.74, 6) is 1.18. The number of hydrogen-bond acceptors (Lipinski definition) is 4. The maximum Gasteiger partial charge on any atom is 0.326 e. The first-order valence-electron chi connectivity index (χ1n) is 16.2. The zero-order valence-electron chi connectivity index (χ0n) is 27.2. The molecule has 2 N–H and O–H groups in total. The standard InChI is InChI=1S/C37H48N4O3/c1-7-9-11-12-20-44-30-17-13-15-27(21-30)29-22-31(25(3)4)34(32(23-29)26(5)6)39-37(43)41(19-10-8-2)33-24-28-16-14-18-38-35(28)40-36(33)42/h13-18,21-26H,7-12,19-20H2,1-6H3,(H,39,43)(H,38,40,42). The number of nitrogens with one attached hydrogen (secondary N) is 2. The summed E-state index contributed by atoms with van der Waals surface area (Å²) in [5.41, 5.74) is 5.58. The number of unbranched alkanes of at least 4 members (excludes halogenated alkanes) is 4. The van der Waals surface area contributed by atoms with Crippen molar-refractivity contribution in [3.63, 3.8) is 0 Å². The number of H-pyrrole nitrogens is 1. The average Bonchev–Trinajstić information content (AvgIpc) is 3.01. The minimum atomic E-state index is -0.335. The molecule has 7 nitrogen and oxygen atoms in total. The van der Waals surface area contributed by atoms with Gasteiger partial charge in [-0.2, -0.15) is 0 Å². The molecule has 44 heavy (non-hydrogen) atoms. The smallest absolute Gasteiger partial charge is 0.326 e. The number of carbonyl (C=O) groups is 1. The number of ether oxygens (including phenoxy) is 1. The van der Waals surface area contributed by atoms with Crippen molar-refractivity contribution in [1.29, 1.82) is 0 Å². The summed E-state index contributed by atoms with van der Waals surface area (Å²) < 4.78 is 6.09. The predicted octanol–water partition coefficient (Wildman–Crippen LogP) is 9.63. The van der Waals surface area contributed by atoms with Gasteiger partial charge in [0.15, 0.2) is 0 Å². The number of amides is 2. The van der Waals surface area contributed by atoms with E-state index in [9.17, 15) is 9.59 Å². The largest absolute Gasteiger partial charge is 0.494 e. The third kappa shape index (κ3) is 8.07. The molecule has 0 aliphatic rings. The third-order valence-electron chi connectivity index (χ3n) is 7.98. The SMILES string of the molecule is CCCCCCOc1cccc(-c2cc(C(C)C)c(NC(=O)N(CCCC)c3cc4cccnc4[nH]c3=O)c(C(C)C)c2)c1. The van der Waals surface area contributed by atoms with Gasteiger partial charge in [-0.3, -0.25) is 9.69 Å². The van der Waals surface area contributed by atoms with Crippen LogP contribution in [-0.2, 0) is 0 Å². The Labute approximate surface area is 262 Å². The molecular formula is C37H48N4O3. The van der Waals surface area contributed by atoms with Crippen LogP contribution in [-0.4, -0.2) is 29.2 Å². The molecule has 0 unspecified atom stereocenters. The topological polar surface area (TPSA) is 87.3 Å². The van der Waals surface area contributed by atoms with Crippen LogP contribution in [0.5, 0.6) is 5.75 Å². The molecule has 4 rings (SSSR count). The van der Waals surface area contributed by atoms with Crippen LogP contribution in [0.3, 0.4) is 0 Å². The molecule has 0 spiro atoms. The highest BCUT2D eigenvalue weighted by molar-refractivity contribution is 6.03. The Bertz CT molecular complexity index is 1580. The number of benzene rings is 2. The maximum atomic E-state index is 14.1. The van der Waals surface area contributed by atoms with Crippen molar-refractivity contribution in [1.82, 2.24) is 9.97 Å². The molecule has 2 heterocycles. The van der Waals surface area contributed by atoms with E-state index in [1.165, 1.54) is 19.3 Å². The van der Waals surface area contributed by atoms with Gasteiger partial charge in [-0.15, -0.1) is 0 Å². The van der Waals surface area contributed by atoms with Gasteiger partial charge in [0.05, 0.1) is 6.61 Å². The van der Waals surface area contributed by atoms with Crippen LogP contribution in [0.4, 0.5) is 16.2 Å². The molecule has 4 aromatic rings. The summed E-state index contributed by atoms with van der Waals surface area (Å²) in [6, 6.07) is 17.8. The number of rotatable bonds is 14. The lowest BCUT2D eigenvalue weighted by Gasteiger charge is -2.27. The van der Waals surface area contributed by atoms with Gasteiger partial charge in [0.2, 0.25) is 0 Å².